The lowest BCUT2D eigenvalue weighted by atomic mass is 10.2. The highest BCUT2D eigenvalue weighted by Gasteiger charge is 2.25. The summed E-state index contributed by atoms with van der Waals surface area (Å²) < 4.78 is 52.6. The highest BCUT2D eigenvalue weighted by molar-refractivity contribution is 7.88. The standard InChI is InChI=1S/C15H16FN3O7S/c1-19(27(4,21)22)26-14(20)13-9(16)6-5-7-10(13)25-15-17-11(23-2)8-12(18-15)24-3/h5-8H,1-4H3. The van der Waals surface area contributed by atoms with Gasteiger partial charge in [0.05, 0.1) is 26.5 Å². The number of methoxy groups -OCH3 is 2. The van der Waals surface area contributed by atoms with Gasteiger partial charge in [-0.2, -0.15) is 9.97 Å². The van der Waals surface area contributed by atoms with Gasteiger partial charge in [0.1, 0.15) is 17.1 Å². The van der Waals surface area contributed by atoms with Crippen molar-refractivity contribution in [2.75, 3.05) is 27.5 Å². The summed E-state index contributed by atoms with van der Waals surface area (Å²) in [6, 6.07) is 4.61. The number of carbonyl (C=O) groups is 1. The van der Waals surface area contributed by atoms with E-state index in [9.17, 15) is 17.6 Å². The van der Waals surface area contributed by atoms with Crippen molar-refractivity contribution < 1.29 is 36.7 Å². The number of hydroxylamine groups is 1. The number of carbonyl (C=O) groups excluding carboxylic acids is 1. The molecule has 2 rings (SSSR count). The van der Waals surface area contributed by atoms with Crippen LogP contribution in [0.25, 0.3) is 0 Å². The predicted octanol–water partition coefficient (Wildman–Crippen LogP) is 1.39. The Hall–Kier alpha value is -2.99. The van der Waals surface area contributed by atoms with Crippen LogP contribution < -0.4 is 14.2 Å². The maximum Gasteiger partial charge on any atom is 0.364 e. The van der Waals surface area contributed by atoms with E-state index in [-0.39, 0.29) is 23.5 Å². The highest BCUT2D eigenvalue weighted by Crippen LogP contribution is 2.28. The molecule has 0 aliphatic rings. The van der Waals surface area contributed by atoms with Crippen LogP contribution in [-0.2, 0) is 14.9 Å². The van der Waals surface area contributed by atoms with Crippen LogP contribution in [0.15, 0.2) is 24.3 Å². The number of nitrogens with zero attached hydrogens (tertiary/aromatic N) is 3. The van der Waals surface area contributed by atoms with E-state index in [1.807, 2.05) is 0 Å². The molecule has 1 heterocycles. The zero-order valence-corrected chi connectivity index (χ0v) is 15.6. The van der Waals surface area contributed by atoms with Crippen LogP contribution in [0, 0.1) is 5.82 Å². The molecule has 10 nitrogen and oxygen atoms in total. The summed E-state index contributed by atoms with van der Waals surface area (Å²) in [6.45, 7) is 0. The first-order valence-electron chi connectivity index (χ1n) is 7.25. The fourth-order valence-electron chi connectivity index (χ4n) is 1.75. The van der Waals surface area contributed by atoms with E-state index in [0.29, 0.717) is 4.47 Å². The van der Waals surface area contributed by atoms with Crippen LogP contribution in [0.5, 0.6) is 23.5 Å². The van der Waals surface area contributed by atoms with Gasteiger partial charge >= 0.3 is 12.0 Å². The second-order valence-corrected chi connectivity index (χ2v) is 6.98. The summed E-state index contributed by atoms with van der Waals surface area (Å²) in [5.74, 6) is -2.36. The SMILES string of the molecule is COc1cc(OC)nc(Oc2cccc(F)c2C(=O)ON(C)S(C)(=O)=O)n1. The van der Waals surface area contributed by atoms with Crippen LogP contribution >= 0.6 is 0 Å². The van der Waals surface area contributed by atoms with Crippen molar-refractivity contribution in [3.63, 3.8) is 0 Å². The Balaban J connectivity index is 2.39. The first-order chi connectivity index (χ1) is 12.7. The van der Waals surface area contributed by atoms with E-state index in [1.54, 1.807) is 0 Å². The molecule has 0 bridgehead atoms. The monoisotopic (exact) mass is 401 g/mol. The molecule has 0 atom stereocenters. The fraction of sp³-hybridized carbons (Fsp3) is 0.267. The summed E-state index contributed by atoms with van der Waals surface area (Å²) in [4.78, 5) is 24.7. The Bertz CT molecular complexity index is 930. The van der Waals surface area contributed by atoms with E-state index >= 15 is 0 Å². The smallest absolute Gasteiger partial charge is 0.364 e. The number of hydrogen-bond donors (Lipinski definition) is 0. The Labute approximate surface area is 154 Å². The Morgan fingerprint density at radius 3 is 2.26 bits per heavy atom. The zero-order chi connectivity index (χ0) is 20.2. The Morgan fingerprint density at radius 2 is 1.74 bits per heavy atom. The van der Waals surface area contributed by atoms with E-state index in [0.717, 1.165) is 19.4 Å². The van der Waals surface area contributed by atoms with E-state index in [4.69, 9.17) is 14.2 Å². The lowest BCUT2D eigenvalue weighted by Gasteiger charge is -2.15. The van der Waals surface area contributed by atoms with Crippen molar-refractivity contribution in [1.82, 2.24) is 14.4 Å². The minimum atomic E-state index is -3.84. The molecule has 0 radical (unpaired) electrons. The van der Waals surface area contributed by atoms with Crippen molar-refractivity contribution in [3.05, 3.63) is 35.6 Å². The molecule has 1 aromatic heterocycles. The van der Waals surface area contributed by atoms with Gasteiger partial charge in [-0.05, 0) is 16.6 Å². The average molecular weight is 401 g/mol. The molecule has 27 heavy (non-hydrogen) atoms. The van der Waals surface area contributed by atoms with Crippen LogP contribution in [0.3, 0.4) is 0 Å². The van der Waals surface area contributed by atoms with Crippen molar-refractivity contribution in [3.8, 4) is 23.5 Å². The summed E-state index contributed by atoms with van der Waals surface area (Å²) in [5, 5.41) is 0. The molecule has 0 saturated heterocycles. The molecule has 12 heteroatoms. The fourth-order valence-corrected chi connectivity index (χ4v) is 1.96. The molecule has 0 aliphatic carbocycles. The third-order valence-corrected chi connectivity index (χ3v) is 4.14. The first kappa shape index (κ1) is 20.3. The summed E-state index contributed by atoms with van der Waals surface area (Å²) in [6.07, 6.45) is 0.815. The van der Waals surface area contributed by atoms with Crippen LogP contribution in [0.1, 0.15) is 10.4 Å². The number of aromatic nitrogens is 2. The third kappa shape index (κ3) is 5.01. The van der Waals surface area contributed by atoms with Gasteiger partial charge in [-0.15, -0.1) is 0 Å². The van der Waals surface area contributed by atoms with Gasteiger partial charge < -0.3 is 19.0 Å². The molecule has 2 aromatic rings. The molecule has 1 aromatic carbocycles. The van der Waals surface area contributed by atoms with Crippen molar-refractivity contribution in [1.29, 1.82) is 0 Å². The largest absolute Gasteiger partial charge is 0.481 e. The molecule has 146 valence electrons. The average Bonchev–Trinajstić information content (AvgIpc) is 2.60. The zero-order valence-electron chi connectivity index (χ0n) is 14.8. The van der Waals surface area contributed by atoms with E-state index < -0.39 is 27.4 Å². The van der Waals surface area contributed by atoms with Crippen LogP contribution in [-0.4, -0.2) is 56.3 Å². The summed E-state index contributed by atoms with van der Waals surface area (Å²) >= 11 is 0. The third-order valence-electron chi connectivity index (χ3n) is 3.14. The molecule has 0 spiro atoms. The Morgan fingerprint density at radius 1 is 1.15 bits per heavy atom. The van der Waals surface area contributed by atoms with E-state index in [2.05, 4.69) is 14.8 Å². The van der Waals surface area contributed by atoms with Crippen LogP contribution in [0.2, 0.25) is 0 Å². The molecule has 0 saturated carbocycles. The predicted molar refractivity (Wildman–Crippen MR) is 89.6 cm³/mol. The number of benzene rings is 1. The van der Waals surface area contributed by atoms with Gasteiger partial charge in [0, 0.05) is 7.05 Å². The lowest BCUT2D eigenvalue weighted by molar-refractivity contribution is -0.0297. The number of hydrogen-bond acceptors (Lipinski definition) is 9. The first-order valence-corrected chi connectivity index (χ1v) is 9.10. The lowest BCUT2D eigenvalue weighted by Crippen LogP contribution is -2.29. The minimum absolute atomic E-state index is 0.106. The quantitative estimate of drug-likeness (QED) is 0.634. The summed E-state index contributed by atoms with van der Waals surface area (Å²) in [5.41, 5.74) is -0.640. The van der Waals surface area contributed by atoms with Crippen molar-refractivity contribution >= 4 is 16.0 Å². The minimum Gasteiger partial charge on any atom is -0.481 e. The van der Waals surface area contributed by atoms with Crippen LogP contribution in [0.4, 0.5) is 4.39 Å². The topological polar surface area (TPSA) is 117 Å². The van der Waals surface area contributed by atoms with Gasteiger partial charge in [0.15, 0.2) is 0 Å². The molecular weight excluding hydrogens is 385 g/mol. The molecule has 0 aliphatic heterocycles. The van der Waals surface area contributed by atoms with Crippen molar-refractivity contribution in [2.45, 2.75) is 0 Å². The highest BCUT2D eigenvalue weighted by atomic mass is 32.2. The maximum atomic E-state index is 14.2. The second kappa shape index (κ2) is 8.14. The molecule has 0 N–H and O–H groups in total. The number of rotatable bonds is 7. The number of halogens is 1. The van der Waals surface area contributed by atoms with Gasteiger partial charge in [-0.25, -0.2) is 17.6 Å². The maximum absolute atomic E-state index is 14.2. The van der Waals surface area contributed by atoms with Crippen molar-refractivity contribution in [2.24, 2.45) is 0 Å². The van der Waals surface area contributed by atoms with E-state index in [1.165, 1.54) is 32.4 Å². The Kier molecular flexibility index (Phi) is 6.13. The van der Waals surface area contributed by atoms with Gasteiger partial charge in [0.25, 0.3) is 0 Å². The molecule has 0 unspecified atom stereocenters. The molecular formula is C15H16FN3O7S. The number of ether oxygens (including phenoxy) is 3. The van der Waals surface area contributed by atoms with Gasteiger partial charge in [0.2, 0.25) is 21.8 Å². The second-order valence-electron chi connectivity index (χ2n) is 5.00. The number of sulfonamides is 1. The molecule has 0 fully saturated rings. The molecule has 0 amide bonds. The van der Waals surface area contributed by atoms with Gasteiger partial charge in [-0.1, -0.05) is 6.07 Å². The summed E-state index contributed by atoms with van der Waals surface area (Å²) in [7, 11) is -0.131. The van der Waals surface area contributed by atoms with Gasteiger partial charge in [-0.3, -0.25) is 0 Å². The normalized spacial score (nSPS) is 11.2.